The van der Waals surface area contributed by atoms with E-state index in [2.05, 4.69) is 33.8 Å². The van der Waals surface area contributed by atoms with Crippen molar-refractivity contribution in [2.45, 2.75) is 95.3 Å². The van der Waals surface area contributed by atoms with Gasteiger partial charge >= 0.3 is 0 Å². The first-order valence-electron chi connectivity index (χ1n) is 10.5. The van der Waals surface area contributed by atoms with Crippen molar-refractivity contribution in [1.82, 2.24) is 5.06 Å². The first-order valence-corrected chi connectivity index (χ1v) is 10.5. The lowest BCUT2D eigenvalue weighted by Crippen LogP contribution is -2.64. The zero-order chi connectivity index (χ0) is 20.4. The molecule has 3 atom stereocenters. The maximum atomic E-state index is 9.81. The minimum absolute atomic E-state index is 0.167. The van der Waals surface area contributed by atoms with Crippen molar-refractivity contribution in [3.8, 4) is 6.07 Å². The third-order valence-corrected chi connectivity index (χ3v) is 5.65. The van der Waals surface area contributed by atoms with E-state index in [1.54, 1.807) is 0 Å². The van der Waals surface area contributed by atoms with Gasteiger partial charge in [0.1, 0.15) is 12.2 Å². The highest BCUT2D eigenvalue weighted by molar-refractivity contribution is 5.02. The van der Waals surface area contributed by atoms with Crippen molar-refractivity contribution in [3.63, 3.8) is 0 Å². The van der Waals surface area contributed by atoms with Crippen LogP contribution in [0.2, 0.25) is 0 Å². The SMILES string of the molecule is CC(C#N)(CCCOCC1CO1)ON1C(C)(C)CC(OCC2CO2)CC1(C)C. The fraction of sp³-hybridized carbons (Fsp3) is 0.952. The van der Waals surface area contributed by atoms with E-state index in [1.165, 1.54) is 0 Å². The molecular weight excluding hydrogens is 360 g/mol. The van der Waals surface area contributed by atoms with Crippen molar-refractivity contribution in [2.24, 2.45) is 0 Å². The number of hydrogen-bond acceptors (Lipinski definition) is 7. The molecule has 3 aliphatic heterocycles. The summed E-state index contributed by atoms with van der Waals surface area (Å²) in [6.45, 7) is 14.1. The summed E-state index contributed by atoms with van der Waals surface area (Å²) in [6, 6.07) is 2.38. The molecule has 0 aromatic rings. The summed E-state index contributed by atoms with van der Waals surface area (Å²) < 4.78 is 22.1. The summed E-state index contributed by atoms with van der Waals surface area (Å²) >= 11 is 0. The number of rotatable bonds is 11. The molecule has 0 aromatic heterocycles. The zero-order valence-electron chi connectivity index (χ0n) is 18.0. The molecule has 0 aromatic carbocycles. The number of hydrogen-bond donors (Lipinski definition) is 0. The monoisotopic (exact) mass is 396 g/mol. The number of piperidine rings is 1. The topological polar surface area (TPSA) is 79.8 Å². The van der Waals surface area contributed by atoms with Crippen molar-refractivity contribution in [3.05, 3.63) is 0 Å². The minimum atomic E-state index is -0.885. The van der Waals surface area contributed by atoms with Crippen LogP contribution in [-0.2, 0) is 23.8 Å². The number of epoxide rings is 2. The van der Waals surface area contributed by atoms with Gasteiger partial charge in [0.15, 0.2) is 5.60 Å². The predicted octanol–water partition coefficient (Wildman–Crippen LogP) is 2.83. The first-order chi connectivity index (χ1) is 13.1. The van der Waals surface area contributed by atoms with Crippen molar-refractivity contribution >= 4 is 0 Å². The Kier molecular flexibility index (Phi) is 6.70. The van der Waals surface area contributed by atoms with E-state index in [0.717, 1.165) is 32.5 Å². The van der Waals surface area contributed by atoms with Gasteiger partial charge in [0.2, 0.25) is 0 Å². The highest BCUT2D eigenvalue weighted by Gasteiger charge is 2.49. The van der Waals surface area contributed by atoms with Gasteiger partial charge < -0.3 is 18.9 Å². The molecule has 0 amide bonds. The van der Waals surface area contributed by atoms with Crippen molar-refractivity contribution in [2.75, 3.05) is 33.0 Å². The molecule has 0 aliphatic carbocycles. The van der Waals surface area contributed by atoms with Crippen LogP contribution in [0.3, 0.4) is 0 Å². The van der Waals surface area contributed by atoms with Crippen LogP contribution in [0.4, 0.5) is 0 Å². The molecule has 0 spiro atoms. The smallest absolute Gasteiger partial charge is 0.173 e. The second-order valence-electron chi connectivity index (χ2n) is 9.81. The van der Waals surface area contributed by atoms with Gasteiger partial charge in [0.25, 0.3) is 0 Å². The van der Waals surface area contributed by atoms with E-state index in [0.29, 0.717) is 26.2 Å². The molecule has 3 fully saturated rings. The Hall–Kier alpha value is -0.750. The fourth-order valence-electron chi connectivity index (χ4n) is 4.16. The summed E-state index contributed by atoms with van der Waals surface area (Å²) in [5, 5.41) is 11.9. The van der Waals surface area contributed by atoms with Gasteiger partial charge in [-0.15, -0.1) is 0 Å². The summed E-state index contributed by atoms with van der Waals surface area (Å²) in [4.78, 5) is 6.40. The molecule has 0 saturated carbocycles. The molecule has 0 radical (unpaired) electrons. The standard InChI is InChI=1S/C21H36N2O5/c1-19(2)9-16(25-13-18-14-27-18)10-20(3,4)23(19)28-21(5,15-22)7-6-8-24-11-17-12-26-17/h16-18H,6-14H2,1-5H3. The first kappa shape index (κ1) is 21.9. The van der Waals surface area contributed by atoms with Crippen LogP contribution in [0.5, 0.6) is 0 Å². The molecule has 3 heterocycles. The third-order valence-electron chi connectivity index (χ3n) is 5.65. The average Bonchev–Trinajstić information content (AvgIpc) is 3.50. The highest BCUT2D eigenvalue weighted by atomic mass is 16.7. The molecule has 3 unspecified atom stereocenters. The van der Waals surface area contributed by atoms with E-state index in [1.807, 2.05) is 12.0 Å². The number of nitriles is 1. The van der Waals surface area contributed by atoms with E-state index < -0.39 is 5.60 Å². The zero-order valence-corrected chi connectivity index (χ0v) is 18.0. The Balaban J connectivity index is 1.53. The van der Waals surface area contributed by atoms with E-state index in [-0.39, 0.29) is 29.4 Å². The number of hydroxylamine groups is 2. The van der Waals surface area contributed by atoms with Crippen molar-refractivity contribution in [1.29, 1.82) is 5.26 Å². The summed E-state index contributed by atoms with van der Waals surface area (Å²) in [6.07, 6.45) is 3.83. The Bertz CT molecular complexity index is 550. The van der Waals surface area contributed by atoms with Crippen LogP contribution in [0.25, 0.3) is 0 Å². The van der Waals surface area contributed by atoms with E-state index >= 15 is 0 Å². The minimum Gasteiger partial charge on any atom is -0.379 e. The molecule has 7 nitrogen and oxygen atoms in total. The van der Waals surface area contributed by atoms with Crippen molar-refractivity contribution < 1.29 is 23.8 Å². The molecule has 0 N–H and O–H groups in total. The summed E-state index contributed by atoms with van der Waals surface area (Å²) in [7, 11) is 0. The molecule has 7 heteroatoms. The van der Waals surface area contributed by atoms with E-state index in [4.69, 9.17) is 23.8 Å². The summed E-state index contributed by atoms with van der Waals surface area (Å²) in [5.74, 6) is 0. The van der Waals surface area contributed by atoms with Gasteiger partial charge in [-0.25, -0.2) is 0 Å². The highest BCUT2D eigenvalue weighted by Crippen LogP contribution is 2.42. The van der Waals surface area contributed by atoms with E-state index in [9.17, 15) is 5.26 Å². The predicted molar refractivity (Wildman–Crippen MR) is 104 cm³/mol. The van der Waals surface area contributed by atoms with Crippen LogP contribution in [-0.4, -0.2) is 73.1 Å². The lowest BCUT2D eigenvalue weighted by Gasteiger charge is -2.55. The van der Waals surface area contributed by atoms with Gasteiger partial charge in [-0.3, -0.25) is 4.84 Å². The Morgan fingerprint density at radius 3 is 2.18 bits per heavy atom. The third kappa shape index (κ3) is 6.12. The van der Waals surface area contributed by atoms with Gasteiger partial charge in [-0.2, -0.15) is 10.3 Å². The molecule has 0 bridgehead atoms. The lowest BCUT2D eigenvalue weighted by atomic mass is 9.80. The summed E-state index contributed by atoms with van der Waals surface area (Å²) in [5.41, 5.74) is -1.37. The molecule has 160 valence electrons. The quantitative estimate of drug-likeness (QED) is 0.392. The number of ether oxygens (including phenoxy) is 4. The second kappa shape index (κ2) is 8.55. The molecular formula is C21H36N2O5. The van der Waals surface area contributed by atoms with Crippen LogP contribution in [0, 0.1) is 11.3 Å². The lowest BCUT2D eigenvalue weighted by molar-refractivity contribution is -0.331. The fourth-order valence-corrected chi connectivity index (χ4v) is 4.16. The van der Waals surface area contributed by atoms with Gasteiger partial charge in [-0.1, -0.05) is 0 Å². The van der Waals surface area contributed by atoms with Crippen LogP contribution in [0.15, 0.2) is 0 Å². The normalized spacial score (nSPS) is 31.1. The Labute approximate surface area is 169 Å². The van der Waals surface area contributed by atoms with Crippen LogP contribution >= 0.6 is 0 Å². The Morgan fingerprint density at radius 1 is 1.07 bits per heavy atom. The molecule has 3 saturated heterocycles. The average molecular weight is 397 g/mol. The largest absolute Gasteiger partial charge is 0.379 e. The molecule has 28 heavy (non-hydrogen) atoms. The Morgan fingerprint density at radius 2 is 1.64 bits per heavy atom. The second-order valence-corrected chi connectivity index (χ2v) is 9.81. The van der Waals surface area contributed by atoms with Crippen LogP contribution in [0.1, 0.15) is 60.3 Å². The van der Waals surface area contributed by atoms with Gasteiger partial charge in [0, 0.05) is 17.7 Å². The number of nitrogens with zero attached hydrogens (tertiary/aromatic N) is 2. The molecule has 3 rings (SSSR count). The van der Waals surface area contributed by atoms with Gasteiger partial charge in [0.05, 0.1) is 38.6 Å². The van der Waals surface area contributed by atoms with Crippen LogP contribution < -0.4 is 0 Å². The maximum absolute atomic E-state index is 9.81. The molecule has 3 aliphatic rings. The van der Waals surface area contributed by atoms with Gasteiger partial charge in [-0.05, 0) is 60.3 Å². The maximum Gasteiger partial charge on any atom is 0.173 e.